The molecule has 7 nitrogen and oxygen atoms in total. The second-order valence-corrected chi connectivity index (χ2v) is 15.5. The van der Waals surface area contributed by atoms with Crippen molar-refractivity contribution in [1.82, 2.24) is 4.72 Å². The maximum absolute atomic E-state index is 13.3. The number of fused-ring (bicyclic) bond motifs is 3. The molecule has 1 aromatic carbocycles. The van der Waals surface area contributed by atoms with Gasteiger partial charge >= 0.3 is 5.97 Å². The Hall–Kier alpha value is -2.32. The van der Waals surface area contributed by atoms with Crippen molar-refractivity contribution >= 4 is 40.2 Å². The Labute approximate surface area is 256 Å². The summed E-state index contributed by atoms with van der Waals surface area (Å²) in [4.78, 5) is 28.2. The Kier molecular flexibility index (Phi) is 8.49. The van der Waals surface area contributed by atoms with E-state index in [1.165, 1.54) is 11.1 Å². The highest BCUT2D eigenvalue weighted by molar-refractivity contribution is 7.84. The number of nitrogens with zero attached hydrogens (tertiary/aromatic N) is 1. The number of carbonyl (C=O) groups excluding carboxylic acids is 1. The lowest BCUT2D eigenvalue weighted by atomic mass is 9.64. The first kappa shape index (κ1) is 29.7. The number of anilines is 1. The molecule has 9 heteroatoms. The van der Waals surface area contributed by atoms with E-state index in [1.807, 2.05) is 26.0 Å². The molecule has 0 radical (unpaired) electrons. The molecule has 2 N–H and O–H groups in total. The van der Waals surface area contributed by atoms with Gasteiger partial charge in [-0.1, -0.05) is 31.1 Å². The summed E-state index contributed by atoms with van der Waals surface area (Å²) in [5.41, 5.74) is 3.88. The highest BCUT2D eigenvalue weighted by atomic mass is 35.5. The monoisotopic (exact) mass is 614 g/mol. The van der Waals surface area contributed by atoms with Crippen LogP contribution in [0.1, 0.15) is 82.0 Å². The van der Waals surface area contributed by atoms with Crippen LogP contribution < -0.4 is 14.4 Å². The summed E-state index contributed by atoms with van der Waals surface area (Å²) in [6.07, 6.45) is 12.4. The second kappa shape index (κ2) is 12.0. The van der Waals surface area contributed by atoms with E-state index in [9.17, 15) is 18.9 Å². The van der Waals surface area contributed by atoms with Gasteiger partial charge in [-0.15, -0.1) is 11.6 Å². The minimum atomic E-state index is -1.55. The van der Waals surface area contributed by atoms with Crippen LogP contribution in [0.2, 0.25) is 0 Å². The third kappa shape index (κ3) is 5.66. The van der Waals surface area contributed by atoms with Gasteiger partial charge in [-0.2, -0.15) is 0 Å². The van der Waals surface area contributed by atoms with E-state index >= 15 is 0 Å². The first-order valence-electron chi connectivity index (χ1n) is 15.7. The van der Waals surface area contributed by atoms with Crippen LogP contribution in [0.5, 0.6) is 5.75 Å². The van der Waals surface area contributed by atoms with Crippen molar-refractivity contribution in [2.75, 3.05) is 24.6 Å². The highest BCUT2D eigenvalue weighted by Crippen LogP contribution is 2.51. The molecule has 42 heavy (non-hydrogen) atoms. The summed E-state index contributed by atoms with van der Waals surface area (Å²) in [5, 5.41) is 10.0. The molecule has 1 amide bonds. The van der Waals surface area contributed by atoms with Gasteiger partial charge < -0.3 is 14.7 Å². The van der Waals surface area contributed by atoms with E-state index in [1.54, 1.807) is 6.07 Å². The second-order valence-electron chi connectivity index (χ2n) is 13.4. The van der Waals surface area contributed by atoms with Gasteiger partial charge in [-0.3, -0.25) is 14.3 Å². The molecule has 0 saturated heterocycles. The van der Waals surface area contributed by atoms with Gasteiger partial charge in [0.15, 0.2) is 0 Å². The van der Waals surface area contributed by atoms with Crippen molar-refractivity contribution in [2.24, 2.45) is 29.1 Å². The van der Waals surface area contributed by atoms with Gasteiger partial charge in [0, 0.05) is 24.1 Å². The van der Waals surface area contributed by atoms with Crippen LogP contribution in [-0.2, 0) is 15.8 Å². The summed E-state index contributed by atoms with van der Waals surface area (Å²) in [6, 6.07) is 5.51. The van der Waals surface area contributed by atoms with Crippen LogP contribution in [0.25, 0.3) is 0 Å². The van der Waals surface area contributed by atoms with Crippen molar-refractivity contribution in [3.05, 3.63) is 47.1 Å². The van der Waals surface area contributed by atoms with E-state index in [0.29, 0.717) is 18.6 Å². The molecule has 2 aliphatic heterocycles. The zero-order valence-corrected chi connectivity index (χ0v) is 26.2. The Bertz CT molecular complexity index is 1330. The topological polar surface area (TPSA) is 95.9 Å². The number of hydrogen-bond donors (Lipinski definition) is 2. The maximum Gasteiger partial charge on any atom is 0.306 e. The lowest BCUT2D eigenvalue weighted by molar-refractivity contribution is -0.146. The predicted molar refractivity (Wildman–Crippen MR) is 166 cm³/mol. The van der Waals surface area contributed by atoms with Gasteiger partial charge in [0.25, 0.3) is 5.91 Å². The number of alkyl halides is 1. The summed E-state index contributed by atoms with van der Waals surface area (Å²) in [5.74, 6) is -0.213. The largest absolute Gasteiger partial charge is 0.490 e. The molecule has 2 bridgehead atoms. The molecule has 228 valence electrons. The molecule has 8 unspecified atom stereocenters. The molecule has 0 aromatic heterocycles. The average Bonchev–Trinajstić information content (AvgIpc) is 3.10. The molecular formula is C33H43ClN2O5S. The first-order valence-corrected chi connectivity index (χ1v) is 17.3. The molecule has 2 heterocycles. The SMILES string of the molecule is CC1CCCC(C(=O)O)C2CCC2CN2CC3(CCCC4=C3C=CC(Cl)C4)COc3ccc(cc32)C(=O)NS(=O)C1C. The molecule has 6 rings (SSSR count). The van der Waals surface area contributed by atoms with Crippen LogP contribution in [0.4, 0.5) is 5.69 Å². The Morgan fingerprint density at radius 1 is 1.19 bits per heavy atom. The standard InChI is InChI=1S/C33H43ClN2O5S/c1-20-5-3-7-27(32(38)39)26-11-8-24(26)17-36-18-33(14-4-6-22-15-25(34)10-12-28(22)33)19-41-30-13-9-23(16-29(30)36)31(37)35-42(40)21(20)2/h9-10,12-13,16,20-21,24-27H,3-8,11,14-15,17-19H2,1-2H3,(H,35,37)(H,38,39). The van der Waals surface area contributed by atoms with Crippen molar-refractivity contribution in [2.45, 2.75) is 82.3 Å². The summed E-state index contributed by atoms with van der Waals surface area (Å²) < 4.78 is 22.5. The third-order valence-corrected chi connectivity index (χ3v) is 12.7. The molecular weight excluding hydrogens is 572 g/mol. The summed E-state index contributed by atoms with van der Waals surface area (Å²) in [7, 11) is -1.55. The highest BCUT2D eigenvalue weighted by Gasteiger charge is 2.46. The Balaban J connectivity index is 1.40. The van der Waals surface area contributed by atoms with Crippen LogP contribution in [0, 0.1) is 29.1 Å². The molecule has 5 aliphatic rings. The van der Waals surface area contributed by atoms with E-state index < -0.39 is 17.0 Å². The minimum Gasteiger partial charge on any atom is -0.490 e. The first-order chi connectivity index (χ1) is 20.1. The smallest absolute Gasteiger partial charge is 0.306 e. The van der Waals surface area contributed by atoms with Crippen molar-refractivity contribution in [1.29, 1.82) is 0 Å². The van der Waals surface area contributed by atoms with Gasteiger partial charge in [0.1, 0.15) is 16.7 Å². The lowest BCUT2D eigenvalue weighted by Crippen LogP contribution is -2.48. The van der Waals surface area contributed by atoms with Crippen molar-refractivity contribution in [3.8, 4) is 5.75 Å². The Morgan fingerprint density at radius 3 is 2.79 bits per heavy atom. The molecule has 3 aliphatic carbocycles. The fourth-order valence-corrected chi connectivity index (χ4v) is 9.32. The van der Waals surface area contributed by atoms with Gasteiger partial charge in [0.05, 0.1) is 28.8 Å². The molecule has 8 atom stereocenters. The minimum absolute atomic E-state index is 0.0201. The van der Waals surface area contributed by atoms with Crippen LogP contribution in [0.3, 0.4) is 0 Å². The number of carbonyl (C=O) groups is 2. The van der Waals surface area contributed by atoms with Gasteiger partial charge in [-0.05, 0) is 99.8 Å². The van der Waals surface area contributed by atoms with Crippen molar-refractivity contribution < 1.29 is 23.6 Å². The van der Waals surface area contributed by atoms with Gasteiger partial charge in [-0.25, -0.2) is 4.21 Å². The zero-order valence-electron chi connectivity index (χ0n) is 24.6. The quantitative estimate of drug-likeness (QED) is 0.363. The number of ether oxygens (including phenoxy) is 1. The maximum atomic E-state index is 13.3. The van der Waals surface area contributed by atoms with Crippen molar-refractivity contribution in [3.63, 3.8) is 0 Å². The summed E-state index contributed by atoms with van der Waals surface area (Å²) >= 11 is 6.53. The number of allylic oxidation sites excluding steroid dienone is 3. The lowest BCUT2D eigenvalue weighted by Gasteiger charge is -2.46. The van der Waals surface area contributed by atoms with E-state index in [-0.39, 0.29) is 45.6 Å². The number of benzene rings is 1. The van der Waals surface area contributed by atoms with Crippen LogP contribution in [0.15, 0.2) is 41.5 Å². The fourth-order valence-electron chi connectivity index (χ4n) is 8.02. The number of hydrogen-bond acceptors (Lipinski definition) is 5. The number of carboxylic acid groups (broad SMARTS) is 1. The van der Waals surface area contributed by atoms with Crippen LogP contribution in [-0.4, -0.2) is 51.5 Å². The number of aliphatic carboxylic acids is 1. The third-order valence-electron chi connectivity index (χ3n) is 10.8. The van der Waals surface area contributed by atoms with Gasteiger partial charge in [0.2, 0.25) is 0 Å². The number of amides is 1. The average molecular weight is 615 g/mol. The number of halogens is 1. The summed E-state index contributed by atoms with van der Waals surface area (Å²) in [6.45, 7) is 5.94. The normalized spacial score (nSPS) is 37.1. The zero-order chi connectivity index (χ0) is 29.6. The van der Waals surface area contributed by atoms with E-state index in [2.05, 4.69) is 21.8 Å². The molecule has 1 spiro atoms. The Morgan fingerprint density at radius 2 is 2.02 bits per heavy atom. The molecule has 1 fully saturated rings. The molecule has 1 aromatic rings. The fraction of sp³-hybridized carbons (Fsp3) is 0.636. The number of rotatable bonds is 1. The number of nitrogens with one attached hydrogen (secondary N) is 1. The predicted octanol–water partition coefficient (Wildman–Crippen LogP) is 6.25. The van der Waals surface area contributed by atoms with Crippen LogP contribution >= 0.6 is 11.6 Å². The number of carboxylic acids is 1. The molecule has 1 saturated carbocycles. The van der Waals surface area contributed by atoms with E-state index in [4.69, 9.17) is 16.3 Å². The van der Waals surface area contributed by atoms with E-state index in [0.717, 1.165) is 75.9 Å².